The maximum atomic E-state index is 10.8. The normalized spacial score (nSPS) is 19.4. The number of rotatable bonds is 3. The minimum absolute atomic E-state index is 0.531. The van der Waals surface area contributed by atoms with Gasteiger partial charge in [0, 0.05) is 19.2 Å². The van der Waals surface area contributed by atoms with Crippen LogP contribution in [0.2, 0.25) is 0 Å². The van der Waals surface area contributed by atoms with Crippen LogP contribution in [0.25, 0.3) is 0 Å². The fourth-order valence-corrected chi connectivity index (χ4v) is 1.15. The molecule has 1 aliphatic rings. The standard InChI is InChI=1S/C7H14N2O3.C3H4O2/c1-7(11,6(8)10)9-2-4-12-5-3-9;1-2-3(4)5/h11H,2-5H2,1H3,(H2,8,10);2H,1H2,(H,4,5). The molecule has 4 N–H and O–H groups in total. The van der Waals surface area contributed by atoms with Crippen molar-refractivity contribution < 1.29 is 24.5 Å². The van der Waals surface area contributed by atoms with Crippen LogP contribution >= 0.6 is 0 Å². The average molecular weight is 246 g/mol. The number of aliphatic hydroxyl groups is 1. The molecular weight excluding hydrogens is 228 g/mol. The Balaban J connectivity index is 0.000000437. The van der Waals surface area contributed by atoms with E-state index >= 15 is 0 Å². The smallest absolute Gasteiger partial charge is 0.327 e. The molecule has 1 rings (SSSR count). The first-order chi connectivity index (χ1) is 7.82. The quantitative estimate of drug-likeness (QED) is 0.537. The van der Waals surface area contributed by atoms with E-state index in [4.69, 9.17) is 15.6 Å². The Morgan fingerprint density at radius 1 is 1.47 bits per heavy atom. The molecule has 0 aromatic rings. The zero-order valence-corrected chi connectivity index (χ0v) is 9.76. The van der Waals surface area contributed by atoms with Crippen LogP contribution in [-0.2, 0) is 14.3 Å². The number of ether oxygens (including phenoxy) is 1. The van der Waals surface area contributed by atoms with Gasteiger partial charge in [-0.05, 0) is 6.92 Å². The molecule has 1 fully saturated rings. The van der Waals surface area contributed by atoms with Crippen molar-refractivity contribution in [3.05, 3.63) is 12.7 Å². The highest BCUT2D eigenvalue weighted by Gasteiger charge is 2.35. The highest BCUT2D eigenvalue weighted by atomic mass is 16.5. The maximum Gasteiger partial charge on any atom is 0.327 e. The number of nitrogens with two attached hydrogens (primary N) is 1. The van der Waals surface area contributed by atoms with Crippen molar-refractivity contribution in [3.63, 3.8) is 0 Å². The lowest BCUT2D eigenvalue weighted by Gasteiger charge is -2.36. The van der Waals surface area contributed by atoms with Crippen LogP contribution in [0.5, 0.6) is 0 Å². The number of hydrogen-bond acceptors (Lipinski definition) is 5. The molecule has 1 saturated heterocycles. The van der Waals surface area contributed by atoms with Crippen molar-refractivity contribution in [2.24, 2.45) is 5.73 Å². The van der Waals surface area contributed by atoms with Crippen LogP contribution < -0.4 is 5.73 Å². The second kappa shape index (κ2) is 7.00. The van der Waals surface area contributed by atoms with Crippen LogP contribution in [-0.4, -0.2) is 59.0 Å². The number of carboxylic acid groups (broad SMARTS) is 1. The van der Waals surface area contributed by atoms with Gasteiger partial charge < -0.3 is 20.7 Å². The van der Waals surface area contributed by atoms with Crippen LogP contribution in [0.3, 0.4) is 0 Å². The number of hydrogen-bond donors (Lipinski definition) is 3. The van der Waals surface area contributed by atoms with Crippen LogP contribution in [0.15, 0.2) is 12.7 Å². The number of morpholine rings is 1. The highest BCUT2D eigenvalue weighted by Crippen LogP contribution is 2.12. The summed E-state index contributed by atoms with van der Waals surface area (Å²) in [5.74, 6) is -1.70. The summed E-state index contributed by atoms with van der Waals surface area (Å²) in [5.41, 5.74) is 3.49. The van der Waals surface area contributed by atoms with Crippen molar-refractivity contribution in [3.8, 4) is 0 Å². The van der Waals surface area contributed by atoms with Gasteiger partial charge in [0.25, 0.3) is 5.91 Å². The number of carboxylic acids is 1. The van der Waals surface area contributed by atoms with E-state index in [1.54, 1.807) is 4.90 Å². The second-order valence-electron chi connectivity index (χ2n) is 3.53. The molecule has 98 valence electrons. The van der Waals surface area contributed by atoms with Gasteiger partial charge in [0.2, 0.25) is 0 Å². The van der Waals surface area contributed by atoms with E-state index in [1.165, 1.54) is 6.92 Å². The minimum atomic E-state index is -1.54. The number of nitrogens with zero attached hydrogens (tertiary/aromatic N) is 1. The van der Waals surface area contributed by atoms with Gasteiger partial charge in [-0.3, -0.25) is 9.69 Å². The molecule has 17 heavy (non-hydrogen) atoms. The SMILES string of the molecule is C=CC(=O)O.CC(O)(C(N)=O)N1CCOCC1. The predicted molar refractivity (Wildman–Crippen MR) is 60.0 cm³/mol. The van der Waals surface area contributed by atoms with Crippen molar-refractivity contribution >= 4 is 11.9 Å². The first-order valence-electron chi connectivity index (χ1n) is 5.02. The van der Waals surface area contributed by atoms with Crippen LogP contribution in [0.1, 0.15) is 6.92 Å². The van der Waals surface area contributed by atoms with Crippen LogP contribution in [0.4, 0.5) is 0 Å². The van der Waals surface area contributed by atoms with Gasteiger partial charge in [-0.2, -0.15) is 0 Å². The molecule has 0 aliphatic carbocycles. The zero-order chi connectivity index (χ0) is 13.5. The van der Waals surface area contributed by atoms with Crippen molar-refractivity contribution in [1.29, 1.82) is 0 Å². The summed E-state index contributed by atoms with van der Waals surface area (Å²) in [7, 11) is 0. The number of primary amides is 1. The lowest BCUT2D eigenvalue weighted by atomic mass is 10.2. The van der Waals surface area contributed by atoms with E-state index in [0.29, 0.717) is 26.3 Å². The second-order valence-corrected chi connectivity index (χ2v) is 3.53. The monoisotopic (exact) mass is 246 g/mol. The Hall–Kier alpha value is -1.44. The van der Waals surface area contributed by atoms with Gasteiger partial charge in [-0.25, -0.2) is 4.79 Å². The van der Waals surface area contributed by atoms with E-state index in [9.17, 15) is 14.7 Å². The van der Waals surface area contributed by atoms with Gasteiger partial charge in [0.15, 0.2) is 5.72 Å². The van der Waals surface area contributed by atoms with E-state index in [2.05, 4.69) is 6.58 Å². The summed E-state index contributed by atoms with van der Waals surface area (Å²) in [5, 5.41) is 17.2. The topological polar surface area (TPSA) is 113 Å². The molecule has 1 unspecified atom stereocenters. The molecule has 1 heterocycles. The average Bonchev–Trinajstić information content (AvgIpc) is 2.30. The molecule has 7 nitrogen and oxygen atoms in total. The lowest BCUT2D eigenvalue weighted by molar-refractivity contribution is -0.164. The van der Waals surface area contributed by atoms with Crippen molar-refractivity contribution in [1.82, 2.24) is 4.90 Å². The molecule has 0 saturated carbocycles. The predicted octanol–water partition coefficient (Wildman–Crippen LogP) is -1.23. The Kier molecular flexibility index (Phi) is 6.40. The summed E-state index contributed by atoms with van der Waals surface area (Å²) in [4.78, 5) is 21.7. The molecule has 0 aromatic heterocycles. The lowest BCUT2D eigenvalue weighted by Crippen LogP contribution is -2.58. The fourth-order valence-electron chi connectivity index (χ4n) is 1.15. The first kappa shape index (κ1) is 15.6. The maximum absolute atomic E-state index is 10.8. The number of amides is 1. The van der Waals surface area contributed by atoms with Crippen molar-refractivity contribution in [2.45, 2.75) is 12.6 Å². The van der Waals surface area contributed by atoms with E-state index in [-0.39, 0.29) is 0 Å². The van der Waals surface area contributed by atoms with Crippen molar-refractivity contribution in [2.75, 3.05) is 26.3 Å². The summed E-state index contributed by atoms with van der Waals surface area (Å²) in [6.45, 7) is 6.50. The molecule has 1 aliphatic heterocycles. The Labute approximate surface area is 99.5 Å². The molecular formula is C10H18N2O5. The number of carbonyl (C=O) groups is 2. The fraction of sp³-hybridized carbons (Fsp3) is 0.600. The third-order valence-corrected chi connectivity index (χ3v) is 2.27. The first-order valence-corrected chi connectivity index (χ1v) is 5.02. The third-order valence-electron chi connectivity index (χ3n) is 2.27. The molecule has 0 bridgehead atoms. The molecule has 1 amide bonds. The molecule has 0 spiro atoms. The minimum Gasteiger partial charge on any atom is -0.478 e. The molecule has 1 atom stereocenters. The van der Waals surface area contributed by atoms with Gasteiger partial charge in [-0.1, -0.05) is 6.58 Å². The van der Waals surface area contributed by atoms with Crippen LogP contribution in [0, 0.1) is 0 Å². The zero-order valence-electron chi connectivity index (χ0n) is 9.76. The molecule has 0 aromatic carbocycles. The van der Waals surface area contributed by atoms with Gasteiger partial charge in [0.1, 0.15) is 0 Å². The Morgan fingerprint density at radius 3 is 2.18 bits per heavy atom. The third kappa shape index (κ3) is 5.43. The van der Waals surface area contributed by atoms with E-state index in [0.717, 1.165) is 6.08 Å². The summed E-state index contributed by atoms with van der Waals surface area (Å²) < 4.78 is 5.07. The Bertz CT molecular complexity index is 284. The van der Waals surface area contributed by atoms with E-state index in [1.807, 2.05) is 0 Å². The summed E-state index contributed by atoms with van der Waals surface area (Å²) >= 11 is 0. The summed E-state index contributed by atoms with van der Waals surface area (Å²) in [6.07, 6.45) is 0.833. The highest BCUT2D eigenvalue weighted by molar-refractivity contribution is 5.82. The van der Waals surface area contributed by atoms with E-state index < -0.39 is 17.6 Å². The number of aliphatic carboxylic acids is 1. The van der Waals surface area contributed by atoms with Gasteiger partial charge in [0.05, 0.1) is 13.2 Å². The summed E-state index contributed by atoms with van der Waals surface area (Å²) in [6, 6.07) is 0. The molecule has 7 heteroatoms. The number of carbonyl (C=O) groups excluding carboxylic acids is 1. The van der Waals surface area contributed by atoms with Gasteiger partial charge in [-0.15, -0.1) is 0 Å². The Morgan fingerprint density at radius 2 is 1.88 bits per heavy atom. The van der Waals surface area contributed by atoms with Gasteiger partial charge >= 0.3 is 5.97 Å². The molecule has 0 radical (unpaired) electrons. The largest absolute Gasteiger partial charge is 0.478 e.